The van der Waals surface area contributed by atoms with Crippen LogP contribution in [-0.2, 0) is 4.79 Å². The van der Waals surface area contributed by atoms with Crippen molar-refractivity contribution in [1.82, 2.24) is 0 Å². The van der Waals surface area contributed by atoms with Crippen molar-refractivity contribution in [2.24, 2.45) is 5.92 Å². The molecule has 0 saturated carbocycles. The number of rotatable bonds is 9. The number of nitrogens with two attached hydrogens (primary N) is 1. The minimum atomic E-state index is -0.698. The molecule has 0 aliphatic heterocycles. The number of aliphatic carboxylic acids is 1. The van der Waals surface area contributed by atoms with Crippen LogP contribution < -0.4 is 17.7 Å². The fraction of sp³-hybridized carbons (Fsp3) is 0.750. The Morgan fingerprint density at radius 3 is 2.44 bits per heavy atom. The molecule has 0 fully saturated rings. The number of allylic oxidation sites excluding steroid dienone is 1. The first-order valence-electron chi connectivity index (χ1n) is 5.76. The summed E-state index contributed by atoms with van der Waals surface area (Å²) in [5, 5.41) is 10.9. The predicted octanol–water partition coefficient (Wildman–Crippen LogP) is -1.59. The molecule has 4 heteroatoms. The number of halogens is 1. The number of hydrogen-bond donors (Lipinski definition) is 2. The molecule has 0 aromatic heterocycles. The van der Waals surface area contributed by atoms with Crippen LogP contribution in [-0.4, -0.2) is 23.7 Å². The number of carboxylic acids is 1. The van der Waals surface area contributed by atoms with Crippen molar-refractivity contribution >= 4 is 5.97 Å². The summed E-state index contributed by atoms with van der Waals surface area (Å²) in [5.41, 5.74) is 0. The van der Waals surface area contributed by atoms with Crippen LogP contribution in [0.3, 0.4) is 0 Å². The average Bonchev–Trinajstić information content (AvgIpc) is 2.15. The average molecular weight is 250 g/mol. The molecule has 0 rings (SSSR count). The summed E-state index contributed by atoms with van der Waals surface area (Å²) in [7, 11) is 0. The monoisotopic (exact) mass is 249 g/mol. The van der Waals surface area contributed by atoms with Crippen LogP contribution in [0.4, 0.5) is 0 Å². The third kappa shape index (κ3) is 8.74. The molecule has 0 aromatic rings. The normalized spacial score (nSPS) is 11.9. The first-order chi connectivity index (χ1) is 7.09. The number of quaternary nitrogens is 1. The van der Waals surface area contributed by atoms with Gasteiger partial charge in [0, 0.05) is 5.92 Å². The molecule has 0 unspecified atom stereocenters. The maximum atomic E-state index is 10.9. The highest BCUT2D eigenvalue weighted by atomic mass is 35.5. The summed E-state index contributed by atoms with van der Waals surface area (Å²) in [6.07, 6.45) is 6.40. The van der Waals surface area contributed by atoms with Gasteiger partial charge in [0.1, 0.15) is 0 Å². The van der Waals surface area contributed by atoms with Gasteiger partial charge in [-0.3, -0.25) is 0 Å². The van der Waals surface area contributed by atoms with Crippen LogP contribution in [0.15, 0.2) is 12.7 Å². The molecule has 1 atom stereocenters. The molecular weight excluding hydrogens is 226 g/mol. The Bertz CT molecular complexity index is 195. The molecule has 0 spiro atoms. The Morgan fingerprint density at radius 2 is 2.00 bits per heavy atom. The molecule has 0 heterocycles. The van der Waals surface area contributed by atoms with E-state index in [1.807, 2.05) is 25.2 Å². The van der Waals surface area contributed by atoms with Gasteiger partial charge < -0.3 is 22.8 Å². The van der Waals surface area contributed by atoms with Gasteiger partial charge >= 0.3 is 5.97 Å². The minimum absolute atomic E-state index is 0. The van der Waals surface area contributed by atoms with E-state index >= 15 is 0 Å². The minimum Gasteiger partial charge on any atom is -1.00 e. The van der Waals surface area contributed by atoms with E-state index in [0.717, 1.165) is 32.2 Å². The zero-order valence-corrected chi connectivity index (χ0v) is 11.0. The SMILES string of the molecule is C=CCCCCC[NH2+][C@H](C(=O)O)C(C)C.[Cl-]. The fourth-order valence-electron chi connectivity index (χ4n) is 1.57. The summed E-state index contributed by atoms with van der Waals surface area (Å²) < 4.78 is 0. The Balaban J connectivity index is 0. The summed E-state index contributed by atoms with van der Waals surface area (Å²) in [6.45, 7) is 8.48. The van der Waals surface area contributed by atoms with Crippen LogP contribution in [0.25, 0.3) is 0 Å². The van der Waals surface area contributed by atoms with Crippen LogP contribution in [0.2, 0.25) is 0 Å². The Hall–Kier alpha value is -0.540. The largest absolute Gasteiger partial charge is 1.00 e. The molecule has 0 bridgehead atoms. The summed E-state index contributed by atoms with van der Waals surface area (Å²) in [5.74, 6) is -0.508. The van der Waals surface area contributed by atoms with Gasteiger partial charge in [-0.25, -0.2) is 4.79 Å². The first-order valence-corrected chi connectivity index (χ1v) is 5.76. The molecule has 0 amide bonds. The zero-order chi connectivity index (χ0) is 11.7. The Kier molecular flexibility index (Phi) is 12.2. The molecule has 0 saturated heterocycles. The van der Waals surface area contributed by atoms with Gasteiger partial charge in [-0.15, -0.1) is 6.58 Å². The lowest BCUT2D eigenvalue weighted by atomic mass is 10.0. The van der Waals surface area contributed by atoms with E-state index in [1.165, 1.54) is 0 Å². The highest BCUT2D eigenvalue weighted by Crippen LogP contribution is 1.99. The van der Waals surface area contributed by atoms with E-state index < -0.39 is 5.97 Å². The molecule has 0 aliphatic carbocycles. The van der Waals surface area contributed by atoms with Gasteiger partial charge in [0.25, 0.3) is 0 Å². The van der Waals surface area contributed by atoms with E-state index in [0.29, 0.717) is 0 Å². The highest BCUT2D eigenvalue weighted by Gasteiger charge is 2.23. The van der Waals surface area contributed by atoms with Crippen LogP contribution in [0.1, 0.15) is 39.5 Å². The smallest absolute Gasteiger partial charge is 0.362 e. The first kappa shape index (κ1) is 17.8. The van der Waals surface area contributed by atoms with Crippen molar-refractivity contribution in [2.45, 2.75) is 45.6 Å². The molecule has 0 radical (unpaired) electrons. The number of hydrogen-bond acceptors (Lipinski definition) is 1. The lowest BCUT2D eigenvalue weighted by Gasteiger charge is -2.14. The van der Waals surface area contributed by atoms with Gasteiger partial charge in [-0.1, -0.05) is 19.9 Å². The molecule has 0 aromatic carbocycles. The highest BCUT2D eigenvalue weighted by molar-refractivity contribution is 5.71. The molecule has 16 heavy (non-hydrogen) atoms. The van der Waals surface area contributed by atoms with Crippen molar-refractivity contribution in [2.75, 3.05) is 6.54 Å². The predicted molar refractivity (Wildman–Crippen MR) is 61.7 cm³/mol. The Labute approximate surface area is 105 Å². The maximum Gasteiger partial charge on any atom is 0.362 e. The third-order valence-electron chi connectivity index (χ3n) is 2.54. The number of carboxylic acid groups (broad SMARTS) is 1. The summed E-state index contributed by atoms with van der Waals surface area (Å²) in [4.78, 5) is 10.9. The molecular formula is C12H24ClNO2. The molecule has 3 N–H and O–H groups in total. The number of carbonyl (C=O) groups is 1. The lowest BCUT2D eigenvalue weighted by molar-refractivity contribution is -0.683. The van der Waals surface area contributed by atoms with E-state index in [4.69, 9.17) is 5.11 Å². The lowest BCUT2D eigenvalue weighted by Crippen LogP contribution is -3.00. The van der Waals surface area contributed by atoms with Crippen molar-refractivity contribution < 1.29 is 27.6 Å². The molecule has 3 nitrogen and oxygen atoms in total. The second kappa shape index (κ2) is 11.0. The standard InChI is InChI=1S/C12H23NO2.ClH/c1-4-5-6-7-8-9-13-11(10(2)3)12(14)15;/h4,10-11,13H,1,5-9H2,2-3H3,(H,14,15);1H/t11-;/m0./s1. The van der Waals surface area contributed by atoms with Crippen LogP contribution in [0, 0.1) is 5.92 Å². The van der Waals surface area contributed by atoms with Gasteiger partial charge in [-0.2, -0.15) is 0 Å². The van der Waals surface area contributed by atoms with E-state index in [2.05, 4.69) is 6.58 Å². The van der Waals surface area contributed by atoms with Crippen molar-refractivity contribution in [3.8, 4) is 0 Å². The van der Waals surface area contributed by atoms with Gasteiger partial charge in [0.2, 0.25) is 0 Å². The second-order valence-electron chi connectivity index (χ2n) is 4.27. The zero-order valence-electron chi connectivity index (χ0n) is 10.3. The summed E-state index contributed by atoms with van der Waals surface area (Å²) in [6, 6.07) is -0.288. The fourth-order valence-corrected chi connectivity index (χ4v) is 1.57. The quantitative estimate of drug-likeness (QED) is 0.383. The van der Waals surface area contributed by atoms with Crippen LogP contribution >= 0.6 is 0 Å². The maximum absolute atomic E-state index is 10.9. The van der Waals surface area contributed by atoms with E-state index in [-0.39, 0.29) is 24.4 Å². The van der Waals surface area contributed by atoms with Crippen LogP contribution in [0.5, 0.6) is 0 Å². The van der Waals surface area contributed by atoms with Crippen molar-refractivity contribution in [3.63, 3.8) is 0 Å². The van der Waals surface area contributed by atoms with Gasteiger partial charge in [0.05, 0.1) is 6.54 Å². The van der Waals surface area contributed by atoms with E-state index in [9.17, 15) is 4.79 Å². The van der Waals surface area contributed by atoms with Crippen molar-refractivity contribution in [3.05, 3.63) is 12.7 Å². The topological polar surface area (TPSA) is 53.9 Å². The Morgan fingerprint density at radius 1 is 1.38 bits per heavy atom. The van der Waals surface area contributed by atoms with E-state index in [1.54, 1.807) is 0 Å². The summed E-state index contributed by atoms with van der Waals surface area (Å²) >= 11 is 0. The third-order valence-corrected chi connectivity index (χ3v) is 2.54. The van der Waals surface area contributed by atoms with Gasteiger partial charge in [-0.05, 0) is 25.7 Å². The second-order valence-corrected chi connectivity index (χ2v) is 4.27. The molecule has 0 aliphatic rings. The van der Waals surface area contributed by atoms with Gasteiger partial charge in [0.15, 0.2) is 6.04 Å². The molecule has 96 valence electrons. The van der Waals surface area contributed by atoms with Crippen molar-refractivity contribution in [1.29, 1.82) is 0 Å². The number of unbranched alkanes of at least 4 members (excludes halogenated alkanes) is 3.